The van der Waals surface area contributed by atoms with Crippen molar-refractivity contribution in [1.82, 2.24) is 9.80 Å². The molecular formula is C15H27N3OS. The van der Waals surface area contributed by atoms with Gasteiger partial charge < -0.3 is 10.6 Å². The summed E-state index contributed by atoms with van der Waals surface area (Å²) in [5.41, 5.74) is 5.78. The van der Waals surface area contributed by atoms with Crippen molar-refractivity contribution in [3.05, 3.63) is 0 Å². The Kier molecular flexibility index (Phi) is 5.78. The second-order valence-corrected chi connectivity index (χ2v) is 6.62. The first-order chi connectivity index (χ1) is 9.59. The van der Waals surface area contributed by atoms with Crippen LogP contribution in [0.4, 0.5) is 0 Å². The molecule has 2 aliphatic heterocycles. The number of nitrogens with zero attached hydrogens (tertiary/aromatic N) is 2. The number of hydrogen-bond donors (Lipinski definition) is 1. The third-order valence-electron chi connectivity index (χ3n) is 4.68. The van der Waals surface area contributed by atoms with E-state index in [2.05, 4.69) is 9.80 Å². The molecule has 0 aromatic heterocycles. The van der Waals surface area contributed by atoms with Crippen LogP contribution in [-0.4, -0.2) is 52.9 Å². The van der Waals surface area contributed by atoms with E-state index < -0.39 is 0 Å². The number of likely N-dealkylation sites (tertiary alicyclic amines) is 2. The highest BCUT2D eigenvalue weighted by atomic mass is 32.1. The number of hydrogen-bond acceptors (Lipinski definition) is 3. The SMILES string of the molecule is CC(C(=O)N1CCCCCC1)N1CCCC(C(N)=S)C1. The second kappa shape index (κ2) is 7.36. The predicted octanol–water partition coefficient (Wildman–Crippen LogP) is 1.78. The Hall–Kier alpha value is -0.680. The minimum Gasteiger partial charge on any atom is -0.393 e. The highest BCUT2D eigenvalue weighted by molar-refractivity contribution is 7.80. The molecule has 2 rings (SSSR count). The van der Waals surface area contributed by atoms with Crippen molar-refractivity contribution >= 4 is 23.1 Å². The normalized spacial score (nSPS) is 26.9. The maximum atomic E-state index is 12.6. The number of piperidine rings is 1. The lowest BCUT2D eigenvalue weighted by atomic mass is 9.96. The molecule has 114 valence electrons. The molecule has 1 amide bonds. The van der Waals surface area contributed by atoms with Gasteiger partial charge in [-0.2, -0.15) is 0 Å². The molecule has 0 aromatic rings. The van der Waals surface area contributed by atoms with Crippen molar-refractivity contribution in [3.8, 4) is 0 Å². The summed E-state index contributed by atoms with van der Waals surface area (Å²) >= 11 is 5.12. The van der Waals surface area contributed by atoms with Gasteiger partial charge in [0.05, 0.1) is 11.0 Å². The largest absolute Gasteiger partial charge is 0.393 e. The van der Waals surface area contributed by atoms with Gasteiger partial charge in [-0.1, -0.05) is 25.1 Å². The Balaban J connectivity index is 1.93. The Bertz CT molecular complexity index is 353. The van der Waals surface area contributed by atoms with Crippen LogP contribution in [-0.2, 0) is 4.79 Å². The molecular weight excluding hydrogens is 270 g/mol. The van der Waals surface area contributed by atoms with E-state index in [4.69, 9.17) is 18.0 Å². The minimum absolute atomic E-state index is 0.0368. The van der Waals surface area contributed by atoms with Crippen LogP contribution >= 0.6 is 12.2 Å². The van der Waals surface area contributed by atoms with Crippen LogP contribution in [0, 0.1) is 5.92 Å². The zero-order valence-corrected chi connectivity index (χ0v) is 13.3. The van der Waals surface area contributed by atoms with Crippen LogP contribution < -0.4 is 5.73 Å². The summed E-state index contributed by atoms with van der Waals surface area (Å²) in [6.07, 6.45) is 6.95. The van der Waals surface area contributed by atoms with Crippen molar-refractivity contribution in [3.63, 3.8) is 0 Å². The maximum Gasteiger partial charge on any atom is 0.239 e. The van der Waals surface area contributed by atoms with E-state index in [1.54, 1.807) is 0 Å². The Morgan fingerprint density at radius 2 is 1.80 bits per heavy atom. The molecule has 0 bridgehead atoms. The third-order valence-corrected chi connectivity index (χ3v) is 5.01. The highest BCUT2D eigenvalue weighted by Crippen LogP contribution is 2.20. The standard InChI is InChI=1S/C15H27N3OS/c1-12(15(19)17-8-4-2-3-5-9-17)18-10-6-7-13(11-18)14(16)20/h12-13H,2-11H2,1H3,(H2,16,20). The fourth-order valence-electron chi connectivity index (χ4n) is 3.30. The van der Waals surface area contributed by atoms with Gasteiger partial charge in [0, 0.05) is 25.6 Å². The molecule has 0 radical (unpaired) electrons. The van der Waals surface area contributed by atoms with Gasteiger partial charge >= 0.3 is 0 Å². The molecule has 0 saturated carbocycles. The fraction of sp³-hybridized carbons (Fsp3) is 0.867. The van der Waals surface area contributed by atoms with Crippen LogP contribution in [0.2, 0.25) is 0 Å². The molecule has 2 fully saturated rings. The first-order valence-corrected chi connectivity index (χ1v) is 8.32. The Morgan fingerprint density at radius 1 is 1.15 bits per heavy atom. The highest BCUT2D eigenvalue weighted by Gasteiger charge is 2.30. The average molecular weight is 297 g/mol. The smallest absolute Gasteiger partial charge is 0.239 e. The second-order valence-electron chi connectivity index (χ2n) is 6.15. The maximum absolute atomic E-state index is 12.6. The lowest BCUT2D eigenvalue weighted by molar-refractivity contribution is -0.136. The number of thiocarbonyl (C=S) groups is 1. The molecule has 0 spiro atoms. The summed E-state index contributed by atoms with van der Waals surface area (Å²) in [6, 6.07) is -0.0368. The van der Waals surface area contributed by atoms with Gasteiger partial charge in [0.1, 0.15) is 0 Å². The average Bonchev–Trinajstić information content (AvgIpc) is 2.75. The fourth-order valence-corrected chi connectivity index (χ4v) is 3.49. The van der Waals surface area contributed by atoms with E-state index in [0.717, 1.165) is 51.9 Å². The van der Waals surface area contributed by atoms with Crippen LogP contribution in [0.5, 0.6) is 0 Å². The first kappa shape index (κ1) is 15.7. The lowest BCUT2D eigenvalue weighted by Gasteiger charge is -2.37. The van der Waals surface area contributed by atoms with Gasteiger partial charge in [-0.15, -0.1) is 0 Å². The summed E-state index contributed by atoms with van der Waals surface area (Å²) in [5, 5.41) is 0. The zero-order valence-electron chi connectivity index (χ0n) is 12.5. The van der Waals surface area contributed by atoms with Crippen molar-refractivity contribution < 1.29 is 4.79 Å². The number of carbonyl (C=O) groups is 1. The van der Waals surface area contributed by atoms with Crippen LogP contribution in [0.15, 0.2) is 0 Å². The van der Waals surface area contributed by atoms with Crippen molar-refractivity contribution in [2.24, 2.45) is 11.7 Å². The summed E-state index contributed by atoms with van der Waals surface area (Å²) in [4.78, 5) is 17.6. The number of rotatable bonds is 3. The molecule has 2 aliphatic rings. The molecule has 0 aromatic carbocycles. The monoisotopic (exact) mass is 297 g/mol. The summed E-state index contributed by atoms with van der Waals surface area (Å²) < 4.78 is 0. The lowest BCUT2D eigenvalue weighted by Crippen LogP contribution is -2.51. The molecule has 2 unspecified atom stereocenters. The van der Waals surface area contributed by atoms with Gasteiger partial charge in [0.2, 0.25) is 5.91 Å². The van der Waals surface area contributed by atoms with Gasteiger partial charge in [-0.3, -0.25) is 9.69 Å². The van der Waals surface area contributed by atoms with Crippen molar-refractivity contribution in [1.29, 1.82) is 0 Å². The van der Waals surface area contributed by atoms with Crippen molar-refractivity contribution in [2.75, 3.05) is 26.2 Å². The molecule has 4 nitrogen and oxygen atoms in total. The van der Waals surface area contributed by atoms with Gasteiger partial charge in [-0.05, 0) is 39.2 Å². The quantitative estimate of drug-likeness (QED) is 0.807. The molecule has 0 aliphatic carbocycles. The molecule has 2 N–H and O–H groups in total. The summed E-state index contributed by atoms with van der Waals surface area (Å²) in [5.74, 6) is 0.564. The third kappa shape index (κ3) is 3.92. The number of amides is 1. The summed E-state index contributed by atoms with van der Waals surface area (Å²) in [7, 11) is 0. The number of nitrogens with two attached hydrogens (primary N) is 1. The van der Waals surface area contributed by atoms with Crippen LogP contribution in [0.25, 0.3) is 0 Å². The first-order valence-electron chi connectivity index (χ1n) is 7.91. The van der Waals surface area contributed by atoms with E-state index in [1.807, 2.05) is 6.92 Å². The van der Waals surface area contributed by atoms with E-state index in [1.165, 1.54) is 12.8 Å². The van der Waals surface area contributed by atoms with E-state index >= 15 is 0 Å². The van der Waals surface area contributed by atoms with Gasteiger partial charge in [0.15, 0.2) is 0 Å². The predicted molar refractivity (Wildman–Crippen MR) is 85.6 cm³/mol. The molecule has 20 heavy (non-hydrogen) atoms. The minimum atomic E-state index is -0.0368. The molecule has 5 heteroatoms. The van der Waals surface area contributed by atoms with Crippen LogP contribution in [0.1, 0.15) is 45.4 Å². The Morgan fingerprint density at radius 3 is 2.40 bits per heavy atom. The Labute approximate surface area is 127 Å². The van der Waals surface area contributed by atoms with Crippen LogP contribution in [0.3, 0.4) is 0 Å². The van der Waals surface area contributed by atoms with Gasteiger partial charge in [-0.25, -0.2) is 0 Å². The van der Waals surface area contributed by atoms with E-state index in [-0.39, 0.29) is 17.9 Å². The topological polar surface area (TPSA) is 49.6 Å². The molecule has 2 saturated heterocycles. The molecule has 2 atom stereocenters. The molecule has 2 heterocycles. The van der Waals surface area contributed by atoms with E-state index in [0.29, 0.717) is 4.99 Å². The zero-order chi connectivity index (χ0) is 14.5. The van der Waals surface area contributed by atoms with E-state index in [9.17, 15) is 4.79 Å². The summed E-state index contributed by atoms with van der Waals surface area (Å²) in [6.45, 7) is 5.72. The van der Waals surface area contributed by atoms with Gasteiger partial charge in [0.25, 0.3) is 0 Å². The van der Waals surface area contributed by atoms with Crippen molar-refractivity contribution in [2.45, 2.75) is 51.5 Å². The number of carbonyl (C=O) groups excluding carboxylic acids is 1.